The molecule has 23 heavy (non-hydrogen) atoms. The molecule has 0 radical (unpaired) electrons. The van der Waals surface area contributed by atoms with Gasteiger partial charge in [0.05, 0.1) is 19.2 Å². The van der Waals surface area contributed by atoms with Gasteiger partial charge in [0.25, 0.3) is 0 Å². The molecule has 5 heteroatoms. The van der Waals surface area contributed by atoms with E-state index in [0.717, 1.165) is 16.3 Å². The number of benzene rings is 2. The van der Waals surface area contributed by atoms with Gasteiger partial charge in [-0.2, -0.15) is 0 Å². The van der Waals surface area contributed by atoms with E-state index in [1.165, 1.54) is 11.3 Å². The summed E-state index contributed by atoms with van der Waals surface area (Å²) in [7, 11) is 1.59. The van der Waals surface area contributed by atoms with Gasteiger partial charge in [-0.3, -0.25) is 4.79 Å². The van der Waals surface area contributed by atoms with Gasteiger partial charge in [0.1, 0.15) is 16.5 Å². The number of carbonyl (C=O) groups is 1. The summed E-state index contributed by atoms with van der Waals surface area (Å²) in [5, 5.41) is 2.79. The molecule has 0 amide bonds. The number of esters is 1. The summed E-state index contributed by atoms with van der Waals surface area (Å²) < 4.78 is 10.4. The standard InChI is InChI=1S/C18H15NO3S/c1-21-15-7-9-16(10-8-15)22-17(20)11-14-12-23-18(19-14)13-5-3-2-4-6-13/h2-10,12H,11H2,1H3. The van der Waals surface area contributed by atoms with Crippen molar-refractivity contribution in [3.05, 3.63) is 65.7 Å². The Morgan fingerprint density at radius 2 is 1.74 bits per heavy atom. The van der Waals surface area contributed by atoms with E-state index < -0.39 is 0 Å². The summed E-state index contributed by atoms with van der Waals surface area (Å²) in [5.41, 5.74) is 1.76. The van der Waals surface area contributed by atoms with Crippen LogP contribution in [0.15, 0.2) is 60.0 Å². The highest BCUT2D eigenvalue weighted by molar-refractivity contribution is 7.13. The highest BCUT2D eigenvalue weighted by Crippen LogP contribution is 2.24. The summed E-state index contributed by atoms with van der Waals surface area (Å²) >= 11 is 1.52. The van der Waals surface area contributed by atoms with Crippen molar-refractivity contribution in [2.45, 2.75) is 6.42 Å². The first kappa shape index (κ1) is 15.2. The van der Waals surface area contributed by atoms with E-state index >= 15 is 0 Å². The lowest BCUT2D eigenvalue weighted by molar-refractivity contribution is -0.133. The summed E-state index contributed by atoms with van der Waals surface area (Å²) in [4.78, 5) is 16.5. The van der Waals surface area contributed by atoms with Gasteiger partial charge in [-0.1, -0.05) is 30.3 Å². The minimum atomic E-state index is -0.333. The lowest BCUT2D eigenvalue weighted by atomic mass is 10.2. The molecule has 1 aromatic heterocycles. The highest BCUT2D eigenvalue weighted by Gasteiger charge is 2.11. The minimum Gasteiger partial charge on any atom is -0.497 e. The third-order valence-corrected chi connectivity index (χ3v) is 4.13. The molecule has 116 valence electrons. The zero-order valence-electron chi connectivity index (χ0n) is 12.6. The Balaban J connectivity index is 1.63. The van der Waals surface area contributed by atoms with Gasteiger partial charge in [0, 0.05) is 10.9 Å². The fraction of sp³-hybridized carbons (Fsp3) is 0.111. The predicted octanol–water partition coefficient (Wildman–Crippen LogP) is 3.97. The zero-order valence-corrected chi connectivity index (χ0v) is 13.4. The average Bonchev–Trinajstić information content (AvgIpc) is 3.04. The molecule has 0 unspecified atom stereocenters. The molecule has 3 rings (SSSR count). The molecule has 0 aliphatic heterocycles. The number of nitrogens with zero attached hydrogens (tertiary/aromatic N) is 1. The number of methoxy groups -OCH3 is 1. The monoisotopic (exact) mass is 325 g/mol. The Hall–Kier alpha value is -2.66. The van der Waals surface area contributed by atoms with Gasteiger partial charge in [0.2, 0.25) is 0 Å². The molecule has 0 spiro atoms. The zero-order chi connectivity index (χ0) is 16.1. The van der Waals surface area contributed by atoms with Crippen molar-refractivity contribution in [3.8, 4) is 22.1 Å². The number of hydrogen-bond acceptors (Lipinski definition) is 5. The third kappa shape index (κ3) is 3.96. The summed E-state index contributed by atoms with van der Waals surface area (Å²) in [6, 6.07) is 16.8. The Morgan fingerprint density at radius 1 is 1.04 bits per heavy atom. The van der Waals surface area contributed by atoms with Crippen LogP contribution in [0.1, 0.15) is 5.69 Å². The van der Waals surface area contributed by atoms with Crippen molar-refractivity contribution in [2.24, 2.45) is 0 Å². The van der Waals surface area contributed by atoms with E-state index in [1.807, 2.05) is 35.7 Å². The smallest absolute Gasteiger partial charge is 0.317 e. The molecular weight excluding hydrogens is 310 g/mol. The lowest BCUT2D eigenvalue weighted by Crippen LogP contribution is -2.11. The molecule has 0 aliphatic rings. The molecule has 3 aromatic rings. The Bertz CT molecular complexity index is 782. The molecule has 0 atom stereocenters. The van der Waals surface area contributed by atoms with Crippen molar-refractivity contribution < 1.29 is 14.3 Å². The first-order valence-electron chi connectivity index (χ1n) is 7.09. The largest absolute Gasteiger partial charge is 0.497 e. The molecule has 0 bridgehead atoms. The van der Waals surface area contributed by atoms with Crippen molar-refractivity contribution in [1.82, 2.24) is 4.98 Å². The van der Waals surface area contributed by atoms with Crippen LogP contribution in [0.5, 0.6) is 11.5 Å². The van der Waals surface area contributed by atoms with Crippen LogP contribution in [-0.4, -0.2) is 18.1 Å². The second-order valence-electron chi connectivity index (χ2n) is 4.84. The van der Waals surface area contributed by atoms with Crippen molar-refractivity contribution in [1.29, 1.82) is 0 Å². The molecule has 2 aromatic carbocycles. The average molecular weight is 325 g/mol. The Labute approximate surface area is 138 Å². The maximum absolute atomic E-state index is 12.0. The summed E-state index contributed by atoms with van der Waals surface area (Å²) in [6.45, 7) is 0. The molecule has 4 nitrogen and oxygen atoms in total. The van der Waals surface area contributed by atoms with E-state index in [0.29, 0.717) is 11.4 Å². The lowest BCUT2D eigenvalue weighted by Gasteiger charge is -2.04. The van der Waals surface area contributed by atoms with Gasteiger partial charge >= 0.3 is 5.97 Å². The molecule has 0 saturated heterocycles. The van der Waals surface area contributed by atoms with Crippen LogP contribution in [0.25, 0.3) is 10.6 Å². The second-order valence-corrected chi connectivity index (χ2v) is 5.69. The van der Waals surface area contributed by atoms with Crippen LogP contribution < -0.4 is 9.47 Å². The number of ether oxygens (including phenoxy) is 2. The van der Waals surface area contributed by atoms with Crippen LogP contribution in [-0.2, 0) is 11.2 Å². The van der Waals surface area contributed by atoms with Crippen LogP contribution in [0.4, 0.5) is 0 Å². The number of thiazole rings is 1. The fourth-order valence-corrected chi connectivity index (χ4v) is 2.89. The second kappa shape index (κ2) is 7.07. The number of rotatable bonds is 5. The topological polar surface area (TPSA) is 48.4 Å². The molecule has 0 N–H and O–H groups in total. The van der Waals surface area contributed by atoms with Crippen LogP contribution in [0.3, 0.4) is 0 Å². The van der Waals surface area contributed by atoms with Gasteiger partial charge < -0.3 is 9.47 Å². The van der Waals surface area contributed by atoms with Crippen LogP contribution >= 0.6 is 11.3 Å². The maximum Gasteiger partial charge on any atom is 0.317 e. The van der Waals surface area contributed by atoms with Crippen LogP contribution in [0.2, 0.25) is 0 Å². The van der Waals surface area contributed by atoms with E-state index in [9.17, 15) is 4.79 Å². The Morgan fingerprint density at radius 3 is 2.43 bits per heavy atom. The molecule has 0 saturated carbocycles. The van der Waals surface area contributed by atoms with E-state index in [4.69, 9.17) is 9.47 Å². The minimum absolute atomic E-state index is 0.148. The Kier molecular flexibility index (Phi) is 4.68. The normalized spacial score (nSPS) is 10.3. The molecular formula is C18H15NO3S. The summed E-state index contributed by atoms with van der Waals surface area (Å²) in [5.74, 6) is 0.881. The van der Waals surface area contributed by atoms with Crippen molar-refractivity contribution in [3.63, 3.8) is 0 Å². The molecule has 0 fully saturated rings. The summed E-state index contributed by atoms with van der Waals surface area (Å²) in [6.07, 6.45) is 0.148. The number of aromatic nitrogens is 1. The molecule has 0 aliphatic carbocycles. The van der Waals surface area contributed by atoms with Gasteiger partial charge in [-0.05, 0) is 24.3 Å². The van der Waals surface area contributed by atoms with Gasteiger partial charge in [-0.25, -0.2) is 4.98 Å². The maximum atomic E-state index is 12.0. The van der Waals surface area contributed by atoms with Crippen molar-refractivity contribution in [2.75, 3.05) is 7.11 Å². The van der Waals surface area contributed by atoms with Gasteiger partial charge in [-0.15, -0.1) is 11.3 Å². The first-order chi connectivity index (χ1) is 11.2. The SMILES string of the molecule is COc1ccc(OC(=O)Cc2csc(-c3ccccc3)n2)cc1. The first-order valence-corrected chi connectivity index (χ1v) is 7.97. The van der Waals surface area contributed by atoms with Gasteiger partial charge in [0.15, 0.2) is 0 Å². The van der Waals surface area contributed by atoms with Crippen LogP contribution in [0, 0.1) is 0 Å². The highest BCUT2D eigenvalue weighted by atomic mass is 32.1. The third-order valence-electron chi connectivity index (χ3n) is 3.19. The van der Waals surface area contributed by atoms with E-state index in [-0.39, 0.29) is 12.4 Å². The van der Waals surface area contributed by atoms with E-state index in [1.54, 1.807) is 31.4 Å². The quantitative estimate of drug-likeness (QED) is 0.526. The molecule has 1 heterocycles. The number of hydrogen-bond donors (Lipinski definition) is 0. The number of carbonyl (C=O) groups excluding carboxylic acids is 1. The van der Waals surface area contributed by atoms with E-state index in [2.05, 4.69) is 4.98 Å². The van der Waals surface area contributed by atoms with Crippen molar-refractivity contribution >= 4 is 17.3 Å². The fourth-order valence-electron chi connectivity index (χ4n) is 2.06. The predicted molar refractivity (Wildman–Crippen MR) is 89.9 cm³/mol.